The highest BCUT2D eigenvalue weighted by molar-refractivity contribution is 5.97. The van der Waals surface area contributed by atoms with Crippen LogP contribution in [0.5, 0.6) is 5.75 Å². The van der Waals surface area contributed by atoms with E-state index in [1.807, 2.05) is 13.0 Å². The van der Waals surface area contributed by atoms with Gasteiger partial charge in [0.15, 0.2) is 0 Å². The molecule has 9 heteroatoms. The molecule has 1 aromatic heterocycles. The van der Waals surface area contributed by atoms with Crippen molar-refractivity contribution in [1.82, 2.24) is 9.55 Å². The van der Waals surface area contributed by atoms with Crippen LogP contribution in [0.25, 0.3) is 11.0 Å². The number of methoxy groups -OCH3 is 1. The Morgan fingerprint density at radius 3 is 2.22 bits per heavy atom. The number of carbonyl (C=O) groups excluding carboxylic acids is 1. The van der Waals surface area contributed by atoms with E-state index in [1.165, 1.54) is 31.4 Å². The number of nitrogens with one attached hydrogen (secondary N) is 1. The summed E-state index contributed by atoms with van der Waals surface area (Å²) in [6.45, 7) is 10.9. The van der Waals surface area contributed by atoms with Crippen LogP contribution in [-0.4, -0.2) is 29.0 Å². The van der Waals surface area contributed by atoms with Gasteiger partial charge < -0.3 is 19.4 Å². The molecule has 1 saturated carbocycles. The number of halogens is 3. The molecule has 3 aromatic rings. The van der Waals surface area contributed by atoms with Gasteiger partial charge in [-0.3, -0.25) is 0 Å². The number of benzene rings is 2. The van der Waals surface area contributed by atoms with E-state index in [4.69, 9.17) is 9.72 Å². The molecule has 1 aliphatic rings. The third kappa shape index (κ3) is 5.44. The van der Waals surface area contributed by atoms with E-state index in [0.29, 0.717) is 28.3 Å². The van der Waals surface area contributed by atoms with E-state index in [1.54, 1.807) is 6.07 Å². The highest BCUT2D eigenvalue weighted by atomic mass is 19.4. The summed E-state index contributed by atoms with van der Waals surface area (Å²) in [4.78, 5) is 17.2. The summed E-state index contributed by atoms with van der Waals surface area (Å²) in [5.74, 6) is -0.160. The number of ether oxygens (including phenoxy) is 2. The Hall–Kier alpha value is -3.23. The maximum absolute atomic E-state index is 12.6. The van der Waals surface area contributed by atoms with Gasteiger partial charge in [0.05, 0.1) is 23.7 Å². The van der Waals surface area contributed by atoms with Crippen LogP contribution in [0, 0.1) is 17.8 Å². The van der Waals surface area contributed by atoms with Gasteiger partial charge in [0.2, 0.25) is 5.95 Å². The molecule has 194 valence electrons. The zero-order valence-electron chi connectivity index (χ0n) is 21.4. The largest absolute Gasteiger partial charge is 0.573 e. The van der Waals surface area contributed by atoms with Crippen LogP contribution < -0.4 is 10.1 Å². The summed E-state index contributed by atoms with van der Waals surface area (Å²) in [6, 6.07) is 9.34. The minimum atomic E-state index is -4.75. The van der Waals surface area contributed by atoms with Crippen LogP contribution in [-0.2, 0) is 4.74 Å². The van der Waals surface area contributed by atoms with Crippen molar-refractivity contribution >= 4 is 28.6 Å². The predicted molar refractivity (Wildman–Crippen MR) is 133 cm³/mol. The molecule has 1 N–H and O–H groups in total. The lowest BCUT2D eigenvalue weighted by atomic mass is 9.63. The topological polar surface area (TPSA) is 65.4 Å². The molecule has 0 unspecified atom stereocenters. The number of alkyl halides is 3. The van der Waals surface area contributed by atoms with Gasteiger partial charge >= 0.3 is 12.3 Å². The van der Waals surface area contributed by atoms with Crippen LogP contribution in [0.4, 0.5) is 24.8 Å². The SMILES string of the molecule is COC(=O)c1ccc2c(nc(Nc3ccc(OC(F)(F)F)cc3)n2C2CC(C)(C)CC(C)(C)C2)c1C. The highest BCUT2D eigenvalue weighted by Gasteiger charge is 2.40. The Morgan fingerprint density at radius 2 is 1.67 bits per heavy atom. The Balaban J connectivity index is 1.80. The summed E-state index contributed by atoms with van der Waals surface area (Å²) < 4.78 is 48.8. The number of anilines is 2. The molecule has 0 atom stereocenters. The van der Waals surface area contributed by atoms with Gasteiger partial charge in [0, 0.05) is 11.7 Å². The Morgan fingerprint density at radius 1 is 1.06 bits per heavy atom. The number of carbonyl (C=O) groups is 1. The Kier molecular flexibility index (Phi) is 6.47. The summed E-state index contributed by atoms with van der Waals surface area (Å²) in [5.41, 5.74) is 3.51. The minimum absolute atomic E-state index is 0.109. The molecule has 0 aliphatic heterocycles. The van der Waals surface area contributed by atoms with E-state index < -0.39 is 12.3 Å². The maximum atomic E-state index is 12.6. The molecule has 1 aliphatic carbocycles. The fourth-order valence-electron chi connectivity index (χ4n) is 5.92. The highest BCUT2D eigenvalue weighted by Crippen LogP contribution is 2.51. The summed E-state index contributed by atoms with van der Waals surface area (Å²) in [7, 11) is 1.34. The Labute approximate surface area is 208 Å². The first-order valence-corrected chi connectivity index (χ1v) is 11.9. The maximum Gasteiger partial charge on any atom is 0.573 e. The molecule has 0 radical (unpaired) electrons. The molecule has 1 heterocycles. The van der Waals surface area contributed by atoms with Crippen LogP contribution in [0.2, 0.25) is 0 Å². The number of aryl methyl sites for hydroxylation is 1. The first-order chi connectivity index (χ1) is 16.7. The number of imidazole rings is 1. The van der Waals surface area contributed by atoms with Gasteiger partial charge in [-0.2, -0.15) is 0 Å². The number of aromatic nitrogens is 2. The van der Waals surface area contributed by atoms with Gasteiger partial charge in [0.25, 0.3) is 0 Å². The summed E-state index contributed by atoms with van der Waals surface area (Å²) in [6.07, 6.45) is -1.78. The number of hydrogen-bond acceptors (Lipinski definition) is 5. The van der Waals surface area contributed by atoms with Crippen LogP contribution >= 0.6 is 0 Å². The van der Waals surface area contributed by atoms with Crippen molar-refractivity contribution in [3.05, 3.63) is 47.5 Å². The molecular formula is C27H32F3N3O3. The second kappa shape index (κ2) is 9.01. The van der Waals surface area contributed by atoms with Gasteiger partial charge in [-0.1, -0.05) is 27.7 Å². The fraction of sp³-hybridized carbons (Fsp3) is 0.481. The normalized spacial score (nSPS) is 17.7. The van der Waals surface area contributed by atoms with Crippen LogP contribution in [0.1, 0.15) is 68.9 Å². The smallest absolute Gasteiger partial charge is 0.465 e. The van der Waals surface area contributed by atoms with E-state index in [9.17, 15) is 18.0 Å². The third-order valence-electron chi connectivity index (χ3n) is 6.76. The van der Waals surface area contributed by atoms with Crippen molar-refractivity contribution < 1.29 is 27.4 Å². The van der Waals surface area contributed by atoms with Gasteiger partial charge in [-0.25, -0.2) is 9.78 Å². The number of esters is 1. The number of hydrogen-bond donors (Lipinski definition) is 1. The van der Waals surface area contributed by atoms with Crippen molar-refractivity contribution in [2.75, 3.05) is 12.4 Å². The van der Waals surface area contributed by atoms with E-state index >= 15 is 0 Å². The van der Waals surface area contributed by atoms with Crippen LogP contribution in [0.15, 0.2) is 36.4 Å². The van der Waals surface area contributed by atoms with Crippen molar-refractivity contribution in [3.63, 3.8) is 0 Å². The van der Waals surface area contributed by atoms with Gasteiger partial charge in [-0.15, -0.1) is 13.2 Å². The van der Waals surface area contributed by atoms with Crippen molar-refractivity contribution in [2.24, 2.45) is 10.8 Å². The zero-order chi connectivity index (χ0) is 26.5. The van der Waals surface area contributed by atoms with Gasteiger partial charge in [-0.05, 0) is 79.0 Å². The summed E-state index contributed by atoms with van der Waals surface area (Å²) in [5, 5.41) is 3.29. The first-order valence-electron chi connectivity index (χ1n) is 11.9. The molecule has 36 heavy (non-hydrogen) atoms. The number of fused-ring (bicyclic) bond motifs is 1. The quantitative estimate of drug-likeness (QED) is 0.364. The third-order valence-corrected chi connectivity index (χ3v) is 6.76. The van der Waals surface area contributed by atoms with Crippen molar-refractivity contribution in [2.45, 2.75) is 66.3 Å². The minimum Gasteiger partial charge on any atom is -0.465 e. The average Bonchev–Trinajstić information content (AvgIpc) is 3.10. The van der Waals surface area contributed by atoms with Crippen molar-refractivity contribution in [3.8, 4) is 5.75 Å². The fourth-order valence-corrected chi connectivity index (χ4v) is 5.92. The molecule has 0 spiro atoms. The molecule has 0 bridgehead atoms. The lowest BCUT2D eigenvalue weighted by Crippen LogP contribution is -2.35. The zero-order valence-corrected chi connectivity index (χ0v) is 21.4. The number of nitrogens with zero attached hydrogens (tertiary/aromatic N) is 2. The second-order valence-electron chi connectivity index (χ2n) is 11.2. The molecule has 0 saturated heterocycles. The monoisotopic (exact) mass is 503 g/mol. The molecule has 2 aromatic carbocycles. The molecular weight excluding hydrogens is 471 g/mol. The molecule has 4 rings (SSSR count). The number of rotatable bonds is 5. The summed E-state index contributed by atoms with van der Waals surface area (Å²) >= 11 is 0. The lowest BCUT2D eigenvalue weighted by Gasteiger charge is -2.45. The standard InChI is InChI=1S/C27H32F3N3O3/c1-16-20(23(34)35-6)11-12-21-22(16)32-24(31-17-7-9-19(10-8-17)36-27(28,29)30)33(21)18-13-25(2,3)15-26(4,5)14-18/h7-12,18H,13-15H2,1-6H3,(H,31,32). The van der Waals surface area contributed by atoms with E-state index in [-0.39, 0.29) is 22.6 Å². The van der Waals surface area contributed by atoms with E-state index in [2.05, 4.69) is 42.3 Å². The lowest BCUT2D eigenvalue weighted by molar-refractivity contribution is -0.274. The Bertz CT molecular complexity index is 1260. The average molecular weight is 504 g/mol. The van der Waals surface area contributed by atoms with Gasteiger partial charge in [0.1, 0.15) is 5.75 Å². The van der Waals surface area contributed by atoms with Crippen molar-refractivity contribution in [1.29, 1.82) is 0 Å². The molecule has 0 amide bonds. The van der Waals surface area contributed by atoms with E-state index in [0.717, 1.165) is 24.8 Å². The van der Waals surface area contributed by atoms with Crippen LogP contribution in [0.3, 0.4) is 0 Å². The molecule has 1 fully saturated rings. The molecule has 6 nitrogen and oxygen atoms in total. The predicted octanol–water partition coefficient (Wildman–Crippen LogP) is 7.55. The second-order valence-corrected chi connectivity index (χ2v) is 11.2. The first kappa shape index (κ1) is 25.9.